The number of carbonyl (C=O) groups is 2. The van der Waals surface area contributed by atoms with Crippen LogP contribution in [0.4, 0.5) is 0 Å². The lowest BCUT2D eigenvalue weighted by Gasteiger charge is -2.30. The van der Waals surface area contributed by atoms with Gasteiger partial charge in [-0.25, -0.2) is 10.0 Å². The highest BCUT2D eigenvalue weighted by molar-refractivity contribution is 5.98. The minimum atomic E-state index is 0.0144. The first-order chi connectivity index (χ1) is 9.79. The molecule has 0 aliphatic carbocycles. The molecule has 106 valence electrons. The zero-order valence-electron chi connectivity index (χ0n) is 11.6. The number of aldehydes is 1. The smallest absolute Gasteiger partial charge is 0.167 e. The van der Waals surface area contributed by atoms with Crippen LogP contribution >= 0.6 is 0 Å². The number of benzene rings is 1. The van der Waals surface area contributed by atoms with E-state index in [1.807, 2.05) is 30.3 Å². The summed E-state index contributed by atoms with van der Waals surface area (Å²) in [7, 11) is 0. The molecule has 3 rings (SSSR count). The lowest BCUT2D eigenvalue weighted by Crippen LogP contribution is -2.45. The normalized spacial score (nSPS) is 27.8. The predicted molar refractivity (Wildman–Crippen MR) is 76.2 cm³/mol. The van der Waals surface area contributed by atoms with Crippen LogP contribution in [0.1, 0.15) is 29.6 Å². The van der Waals surface area contributed by atoms with Crippen molar-refractivity contribution in [2.75, 3.05) is 19.6 Å². The second-order valence-corrected chi connectivity index (χ2v) is 5.64. The van der Waals surface area contributed by atoms with E-state index in [1.165, 1.54) is 0 Å². The van der Waals surface area contributed by atoms with E-state index < -0.39 is 0 Å². The van der Waals surface area contributed by atoms with Gasteiger partial charge in [0.1, 0.15) is 6.29 Å². The average molecular weight is 272 g/mol. The van der Waals surface area contributed by atoms with Gasteiger partial charge in [-0.15, -0.1) is 0 Å². The van der Waals surface area contributed by atoms with Crippen LogP contribution in [0, 0.1) is 5.92 Å². The van der Waals surface area contributed by atoms with Crippen molar-refractivity contribution in [3.63, 3.8) is 0 Å². The highest BCUT2D eigenvalue weighted by atomic mass is 16.1. The third kappa shape index (κ3) is 2.53. The van der Waals surface area contributed by atoms with Crippen LogP contribution in [0.3, 0.4) is 0 Å². The van der Waals surface area contributed by atoms with E-state index in [-0.39, 0.29) is 17.7 Å². The number of hydrogen-bond acceptors (Lipinski definition) is 4. The average Bonchev–Trinajstić information content (AvgIpc) is 3.15. The molecule has 4 heteroatoms. The van der Waals surface area contributed by atoms with Crippen LogP contribution in [0.2, 0.25) is 0 Å². The van der Waals surface area contributed by atoms with E-state index in [1.54, 1.807) is 0 Å². The van der Waals surface area contributed by atoms with Crippen molar-refractivity contribution in [3.05, 3.63) is 35.9 Å². The molecular formula is C16H20N2O2. The van der Waals surface area contributed by atoms with Gasteiger partial charge >= 0.3 is 0 Å². The Kier molecular flexibility index (Phi) is 3.94. The fourth-order valence-corrected chi connectivity index (χ4v) is 3.29. The van der Waals surface area contributed by atoms with Gasteiger partial charge in [-0.2, -0.15) is 0 Å². The van der Waals surface area contributed by atoms with Gasteiger partial charge in [-0.05, 0) is 19.3 Å². The third-order valence-corrected chi connectivity index (χ3v) is 4.39. The number of hydrogen-bond donors (Lipinski definition) is 0. The summed E-state index contributed by atoms with van der Waals surface area (Å²) in [6.07, 6.45) is 3.93. The summed E-state index contributed by atoms with van der Waals surface area (Å²) in [5.74, 6) is 0.292. The van der Waals surface area contributed by atoms with E-state index in [9.17, 15) is 9.59 Å². The number of carbonyl (C=O) groups excluding carboxylic acids is 2. The SMILES string of the molecule is O=C[C@@H]1CCCN1N1CCC(C(=O)c2ccccc2)C1. The van der Waals surface area contributed by atoms with Crippen molar-refractivity contribution in [1.29, 1.82) is 0 Å². The number of ketones is 1. The molecule has 0 aromatic heterocycles. The summed E-state index contributed by atoms with van der Waals surface area (Å²) in [6, 6.07) is 9.52. The highest BCUT2D eigenvalue weighted by Gasteiger charge is 2.36. The van der Waals surface area contributed by atoms with Gasteiger partial charge in [-0.1, -0.05) is 30.3 Å². The largest absolute Gasteiger partial charge is 0.302 e. The number of nitrogens with zero attached hydrogens (tertiary/aromatic N) is 2. The molecule has 1 unspecified atom stereocenters. The van der Waals surface area contributed by atoms with Gasteiger partial charge in [0.2, 0.25) is 0 Å². The van der Waals surface area contributed by atoms with E-state index in [2.05, 4.69) is 10.0 Å². The Morgan fingerprint density at radius 3 is 2.70 bits per heavy atom. The molecule has 0 spiro atoms. The van der Waals surface area contributed by atoms with E-state index in [4.69, 9.17) is 0 Å². The quantitative estimate of drug-likeness (QED) is 0.619. The molecule has 4 nitrogen and oxygen atoms in total. The Labute approximate surface area is 119 Å². The van der Waals surface area contributed by atoms with Gasteiger partial charge in [0.25, 0.3) is 0 Å². The molecule has 1 aromatic carbocycles. The minimum absolute atomic E-state index is 0.0144. The second kappa shape index (κ2) is 5.85. The van der Waals surface area contributed by atoms with Crippen LogP contribution in [-0.2, 0) is 4.79 Å². The molecule has 1 aromatic rings. The van der Waals surface area contributed by atoms with Crippen LogP contribution in [0.15, 0.2) is 30.3 Å². The first-order valence-corrected chi connectivity index (χ1v) is 7.35. The molecular weight excluding hydrogens is 252 g/mol. The maximum absolute atomic E-state index is 12.4. The number of rotatable bonds is 4. The van der Waals surface area contributed by atoms with Gasteiger partial charge in [0.15, 0.2) is 5.78 Å². The second-order valence-electron chi connectivity index (χ2n) is 5.64. The van der Waals surface area contributed by atoms with Crippen molar-refractivity contribution in [2.24, 2.45) is 5.92 Å². The molecule has 2 aliphatic heterocycles. The molecule has 0 amide bonds. The summed E-state index contributed by atoms with van der Waals surface area (Å²) < 4.78 is 0. The standard InChI is InChI=1S/C16H20N2O2/c19-12-15-7-4-9-18(15)17-10-8-14(11-17)16(20)13-5-2-1-3-6-13/h1-3,5-6,12,14-15H,4,7-11H2/t14?,15-/m0/s1. The Bertz CT molecular complexity index is 489. The topological polar surface area (TPSA) is 40.6 Å². The van der Waals surface area contributed by atoms with Crippen molar-refractivity contribution in [2.45, 2.75) is 25.3 Å². The molecule has 20 heavy (non-hydrogen) atoms. The van der Waals surface area contributed by atoms with Gasteiger partial charge in [-0.3, -0.25) is 4.79 Å². The van der Waals surface area contributed by atoms with Crippen LogP contribution in [0.25, 0.3) is 0 Å². The van der Waals surface area contributed by atoms with Crippen molar-refractivity contribution in [3.8, 4) is 0 Å². The van der Waals surface area contributed by atoms with Crippen LogP contribution in [-0.4, -0.2) is 47.8 Å². The van der Waals surface area contributed by atoms with Crippen molar-refractivity contribution < 1.29 is 9.59 Å². The van der Waals surface area contributed by atoms with E-state index >= 15 is 0 Å². The first kappa shape index (κ1) is 13.5. The molecule has 0 saturated carbocycles. The maximum Gasteiger partial charge on any atom is 0.167 e. The van der Waals surface area contributed by atoms with E-state index in [0.29, 0.717) is 0 Å². The number of hydrazine groups is 1. The lowest BCUT2D eigenvalue weighted by atomic mass is 9.97. The summed E-state index contributed by atoms with van der Waals surface area (Å²) >= 11 is 0. The number of Topliss-reactive ketones (excluding diaryl/α,β-unsaturated/α-hetero) is 1. The molecule has 0 N–H and O–H groups in total. The fourth-order valence-electron chi connectivity index (χ4n) is 3.29. The Balaban J connectivity index is 1.65. The van der Waals surface area contributed by atoms with Crippen molar-refractivity contribution in [1.82, 2.24) is 10.0 Å². The van der Waals surface area contributed by atoms with Crippen LogP contribution in [0.5, 0.6) is 0 Å². The molecule has 2 heterocycles. The predicted octanol–water partition coefficient (Wildman–Crippen LogP) is 1.77. The Hall–Kier alpha value is -1.52. The molecule has 0 bridgehead atoms. The molecule has 2 atom stereocenters. The summed E-state index contributed by atoms with van der Waals surface area (Å²) in [4.78, 5) is 23.5. The zero-order chi connectivity index (χ0) is 13.9. The van der Waals surface area contributed by atoms with Gasteiger partial charge in [0, 0.05) is 31.1 Å². The Morgan fingerprint density at radius 2 is 1.95 bits per heavy atom. The molecule has 0 radical (unpaired) electrons. The fraction of sp³-hybridized carbons (Fsp3) is 0.500. The lowest BCUT2D eigenvalue weighted by molar-refractivity contribution is -0.117. The van der Waals surface area contributed by atoms with Gasteiger partial charge in [0.05, 0.1) is 6.04 Å². The molecule has 2 fully saturated rings. The van der Waals surface area contributed by atoms with Gasteiger partial charge < -0.3 is 4.79 Å². The minimum Gasteiger partial charge on any atom is -0.302 e. The third-order valence-electron chi connectivity index (χ3n) is 4.39. The van der Waals surface area contributed by atoms with Crippen molar-refractivity contribution >= 4 is 12.1 Å². The first-order valence-electron chi connectivity index (χ1n) is 7.35. The summed E-state index contributed by atoms with van der Waals surface area (Å²) in [6.45, 7) is 2.57. The Morgan fingerprint density at radius 1 is 1.15 bits per heavy atom. The summed E-state index contributed by atoms with van der Waals surface area (Å²) in [5.41, 5.74) is 0.799. The van der Waals surface area contributed by atoms with Crippen LogP contribution < -0.4 is 0 Å². The van der Waals surface area contributed by atoms with E-state index in [0.717, 1.165) is 50.7 Å². The summed E-state index contributed by atoms with van der Waals surface area (Å²) in [5, 5.41) is 4.36. The maximum atomic E-state index is 12.4. The molecule has 2 aliphatic rings. The monoisotopic (exact) mass is 272 g/mol. The highest BCUT2D eigenvalue weighted by Crippen LogP contribution is 2.26. The molecule has 2 saturated heterocycles. The zero-order valence-corrected chi connectivity index (χ0v) is 11.6.